The Balaban J connectivity index is 1.90. The molecule has 0 fully saturated rings. The van der Waals surface area contributed by atoms with Gasteiger partial charge in [0.2, 0.25) is 6.41 Å². The number of hydroxylamine groups is 2. The second-order valence-electron chi connectivity index (χ2n) is 9.60. The van der Waals surface area contributed by atoms with Crippen LogP contribution < -0.4 is 15.8 Å². The first-order chi connectivity index (χ1) is 18.9. The molecule has 2 amide bonds. The Morgan fingerprint density at radius 1 is 1.43 bits per heavy atom. The van der Waals surface area contributed by atoms with Crippen LogP contribution in [0.3, 0.4) is 0 Å². The molecule has 0 spiro atoms. The molecule has 14 nitrogen and oxygen atoms in total. The molecule has 3 rings (SSSR count). The lowest BCUT2D eigenvalue weighted by Gasteiger charge is -2.38. The molecule has 16 heteroatoms. The Bertz CT molecular complexity index is 1300. The number of aliphatic carboxylic acids is 1. The van der Waals surface area contributed by atoms with Gasteiger partial charge in [-0.3, -0.25) is 9.59 Å². The Morgan fingerprint density at radius 3 is 2.73 bits per heavy atom. The zero-order valence-corrected chi connectivity index (χ0v) is 23.7. The number of nitrogens with zero attached hydrogens (tertiary/aromatic N) is 3. The summed E-state index contributed by atoms with van der Waals surface area (Å²) in [7, 11) is 0. The number of amides is 2. The summed E-state index contributed by atoms with van der Waals surface area (Å²) >= 11 is 1.01. The fraction of sp³-hybridized carbons (Fsp3) is 0.417. The maximum Gasteiger partial charge on any atom is 0.354 e. The van der Waals surface area contributed by atoms with Gasteiger partial charge >= 0.3 is 5.97 Å². The first kappa shape index (κ1) is 30.8. The van der Waals surface area contributed by atoms with Crippen LogP contribution in [0.1, 0.15) is 50.9 Å². The third-order valence-corrected chi connectivity index (χ3v) is 7.63. The number of hydrogen-bond acceptors (Lipinski definition) is 13. The number of anilines is 1. The van der Waals surface area contributed by atoms with E-state index in [0.29, 0.717) is 24.1 Å². The molecule has 1 aromatic carbocycles. The number of ether oxygens (including phenoxy) is 1. The van der Waals surface area contributed by atoms with Crippen molar-refractivity contribution >= 4 is 59.0 Å². The summed E-state index contributed by atoms with van der Waals surface area (Å²) in [5.41, 5.74) is 3.82. The maximum absolute atomic E-state index is 13.4. The molecule has 1 aliphatic heterocycles. The number of aryl methyl sites for hydroxylation is 1. The van der Waals surface area contributed by atoms with Crippen LogP contribution in [0.15, 0.2) is 28.7 Å². The molecule has 0 radical (unpaired) electrons. The number of nitrogens with two attached hydrogens (primary N) is 1. The quantitative estimate of drug-likeness (QED) is 0.0984. The monoisotopic (exact) mass is 594 g/mol. The first-order valence-electron chi connectivity index (χ1n) is 11.9. The minimum Gasteiger partial charge on any atom is -0.485 e. The van der Waals surface area contributed by atoms with Crippen LogP contribution in [-0.2, 0) is 29.9 Å². The summed E-state index contributed by atoms with van der Waals surface area (Å²) in [5.74, 6) is -1.70. The summed E-state index contributed by atoms with van der Waals surface area (Å²) in [5, 5.41) is 26.6. The van der Waals surface area contributed by atoms with E-state index in [1.807, 2.05) is 0 Å². The molecular weight excluding hydrogens is 564 g/mol. The highest BCUT2D eigenvalue weighted by Gasteiger charge is 2.48. The average Bonchev–Trinajstić information content (AvgIpc) is 3.36. The van der Waals surface area contributed by atoms with Crippen molar-refractivity contribution in [1.29, 1.82) is 5.41 Å². The van der Waals surface area contributed by atoms with E-state index in [2.05, 4.69) is 15.5 Å². The normalized spacial score (nSPS) is 17.4. The Hall–Kier alpha value is -3.73. The molecule has 6 N–H and O–H groups in total. The molecule has 2 heterocycles. The van der Waals surface area contributed by atoms with Crippen molar-refractivity contribution < 1.29 is 37.9 Å². The van der Waals surface area contributed by atoms with Gasteiger partial charge in [0.1, 0.15) is 11.4 Å². The number of aromatic nitrogens is 1. The van der Waals surface area contributed by atoms with Gasteiger partial charge < -0.3 is 35.7 Å². The predicted octanol–water partition coefficient (Wildman–Crippen LogP) is 2.48. The van der Waals surface area contributed by atoms with Crippen LogP contribution >= 0.6 is 23.7 Å². The second-order valence-corrected chi connectivity index (χ2v) is 10.8. The molecule has 0 bridgehead atoms. The van der Waals surface area contributed by atoms with Gasteiger partial charge in [0.05, 0.1) is 11.6 Å². The number of benzene rings is 1. The number of carboxylic acids is 1. The Morgan fingerprint density at radius 2 is 2.15 bits per heavy atom. The molecule has 0 saturated heterocycles. The highest BCUT2D eigenvalue weighted by molar-refractivity contribution is 7.88. The number of oxime groups is 1. The molecule has 2 aromatic rings. The number of nitrogens with one attached hydrogen (secondary N) is 2. The van der Waals surface area contributed by atoms with Crippen LogP contribution in [0.5, 0.6) is 5.75 Å². The van der Waals surface area contributed by atoms with Crippen LogP contribution in [0.2, 0.25) is 0 Å². The van der Waals surface area contributed by atoms with E-state index in [-0.39, 0.29) is 35.3 Å². The standard InChI is InChI=1S/C24H30N6O8S2/c1-13(23(2,3)30(12-31)38-40-35)27-20(32)19(16-11-39-22(26)28-16)29-37-24(4,21(33)34)18-8-6-15-9-14(10-25)5-7-17(15)36-18/h5,7,9-13,18,25,35H,6,8H2,1-4H3,(H2,26,28)(H,27,32)(H,33,34)/b25-10?,29-19-. The van der Waals surface area contributed by atoms with Crippen molar-refractivity contribution in [2.45, 2.75) is 63.8 Å². The van der Waals surface area contributed by atoms with Crippen molar-refractivity contribution in [2.75, 3.05) is 5.73 Å². The van der Waals surface area contributed by atoms with E-state index in [0.717, 1.165) is 22.0 Å². The minimum absolute atomic E-state index is 0.0336. The Labute approximate surface area is 238 Å². The minimum atomic E-state index is -2.00. The lowest BCUT2D eigenvalue weighted by atomic mass is 9.90. The van der Waals surface area contributed by atoms with Gasteiger partial charge in [-0.2, -0.15) is 4.28 Å². The molecule has 3 unspecified atom stereocenters. The van der Waals surface area contributed by atoms with Crippen molar-refractivity contribution in [1.82, 2.24) is 15.4 Å². The molecule has 40 heavy (non-hydrogen) atoms. The van der Waals surface area contributed by atoms with Crippen molar-refractivity contribution in [3.63, 3.8) is 0 Å². The van der Waals surface area contributed by atoms with E-state index in [1.54, 1.807) is 39.0 Å². The average molecular weight is 595 g/mol. The molecular formula is C24H30N6O8S2. The largest absolute Gasteiger partial charge is 0.485 e. The Kier molecular flexibility index (Phi) is 9.73. The molecule has 1 aromatic heterocycles. The molecule has 216 valence electrons. The lowest BCUT2D eigenvalue weighted by molar-refractivity contribution is -0.178. The van der Waals surface area contributed by atoms with Crippen LogP contribution in [0.4, 0.5) is 5.13 Å². The van der Waals surface area contributed by atoms with Crippen LogP contribution in [-0.4, -0.2) is 73.2 Å². The maximum atomic E-state index is 13.4. The summed E-state index contributed by atoms with van der Waals surface area (Å²) in [4.78, 5) is 46.9. The zero-order valence-electron chi connectivity index (χ0n) is 22.1. The van der Waals surface area contributed by atoms with E-state index in [1.165, 1.54) is 18.5 Å². The molecule has 0 saturated carbocycles. The van der Waals surface area contributed by atoms with Gasteiger partial charge in [0.15, 0.2) is 29.3 Å². The van der Waals surface area contributed by atoms with Crippen LogP contribution in [0, 0.1) is 5.41 Å². The summed E-state index contributed by atoms with van der Waals surface area (Å²) < 4.78 is 19.8. The van der Waals surface area contributed by atoms with E-state index in [4.69, 9.17) is 29.6 Å². The fourth-order valence-electron chi connectivity index (χ4n) is 3.78. The number of fused-ring (bicyclic) bond motifs is 1. The summed E-state index contributed by atoms with van der Waals surface area (Å²) in [6.07, 6.45) is 1.33. The van der Waals surface area contributed by atoms with Crippen LogP contribution in [0.25, 0.3) is 0 Å². The smallest absolute Gasteiger partial charge is 0.354 e. The van der Waals surface area contributed by atoms with Gasteiger partial charge in [-0.05, 0) is 69.9 Å². The van der Waals surface area contributed by atoms with Crippen molar-refractivity contribution in [3.8, 4) is 5.75 Å². The third kappa shape index (κ3) is 6.52. The second kappa shape index (κ2) is 12.6. The zero-order chi connectivity index (χ0) is 29.7. The number of thiazole rings is 1. The van der Waals surface area contributed by atoms with Gasteiger partial charge in [-0.1, -0.05) is 5.16 Å². The van der Waals surface area contributed by atoms with E-state index < -0.39 is 35.2 Å². The lowest BCUT2D eigenvalue weighted by Crippen LogP contribution is -2.57. The number of nitrogen functional groups attached to an aromatic ring is 1. The number of carbonyl (C=O) groups is 3. The van der Waals surface area contributed by atoms with Gasteiger partial charge in [-0.25, -0.2) is 14.8 Å². The number of hydrogen-bond donors (Lipinski definition) is 5. The predicted molar refractivity (Wildman–Crippen MR) is 148 cm³/mol. The topological polar surface area (TPSA) is 210 Å². The third-order valence-electron chi connectivity index (χ3n) is 6.73. The van der Waals surface area contributed by atoms with Crippen molar-refractivity contribution in [2.24, 2.45) is 5.16 Å². The van der Waals surface area contributed by atoms with Crippen molar-refractivity contribution in [3.05, 3.63) is 40.4 Å². The fourth-order valence-corrected chi connectivity index (χ4v) is 4.63. The van der Waals surface area contributed by atoms with Gasteiger partial charge in [0, 0.05) is 11.6 Å². The summed E-state index contributed by atoms with van der Waals surface area (Å²) in [6, 6.07) is 4.37. The van der Waals surface area contributed by atoms with E-state index in [9.17, 15) is 19.5 Å². The van der Waals surface area contributed by atoms with Gasteiger partial charge in [0.25, 0.3) is 11.5 Å². The molecule has 3 atom stereocenters. The highest BCUT2D eigenvalue weighted by atomic mass is 32.2. The van der Waals surface area contributed by atoms with E-state index >= 15 is 0 Å². The molecule has 0 aliphatic carbocycles. The number of rotatable bonds is 13. The number of carbonyl (C=O) groups excluding carboxylic acids is 2. The highest BCUT2D eigenvalue weighted by Crippen LogP contribution is 2.34. The summed E-state index contributed by atoms with van der Waals surface area (Å²) in [6.45, 7) is 6.05. The molecule has 1 aliphatic rings. The SMILES string of the molecule is CC(NC(=O)/C(=N\OC(C)(C(=O)O)C1CCc2cc(C=N)ccc2O1)c1csc(N)n1)C(C)(C)N(C=O)OSO. The first-order valence-corrected chi connectivity index (χ1v) is 13.5. The number of carboxylic acid groups (broad SMARTS) is 1. The van der Waals surface area contributed by atoms with Gasteiger partial charge in [-0.15, -0.1) is 11.3 Å².